The lowest BCUT2D eigenvalue weighted by Crippen LogP contribution is -2.58. The van der Waals surface area contributed by atoms with Crippen molar-refractivity contribution in [2.75, 3.05) is 36.4 Å². The van der Waals surface area contributed by atoms with E-state index in [1.807, 2.05) is 21.6 Å². The second-order valence-corrected chi connectivity index (χ2v) is 16.2. The van der Waals surface area contributed by atoms with Gasteiger partial charge in [-0.05, 0) is 108 Å². The molecule has 2 aliphatic carbocycles. The number of amides is 2. The number of aliphatic hydroxyl groups is 1. The molecule has 2 atom stereocenters. The number of fused-ring (bicyclic) bond motifs is 3. The lowest BCUT2D eigenvalue weighted by molar-refractivity contribution is -0.141. The highest BCUT2D eigenvalue weighted by molar-refractivity contribution is 6.09. The number of nitrogens with zero attached hydrogens (tertiary/aromatic N) is 7. The molecular formula is C41H49FN8O3. The third-order valence-electron chi connectivity index (χ3n) is 12.9. The maximum atomic E-state index is 14.9. The molecule has 278 valence electrons. The van der Waals surface area contributed by atoms with Crippen molar-refractivity contribution >= 4 is 40.0 Å². The van der Waals surface area contributed by atoms with E-state index in [4.69, 9.17) is 9.97 Å². The van der Waals surface area contributed by atoms with Crippen LogP contribution in [-0.2, 0) is 15.0 Å². The molecule has 2 saturated carbocycles. The second-order valence-electron chi connectivity index (χ2n) is 16.2. The third kappa shape index (κ3) is 5.80. The van der Waals surface area contributed by atoms with Gasteiger partial charge in [0.2, 0.25) is 11.8 Å². The number of nitrogens with one attached hydrogen (secondary N) is 1. The van der Waals surface area contributed by atoms with E-state index in [0.717, 1.165) is 66.6 Å². The highest BCUT2D eigenvalue weighted by atomic mass is 19.1. The van der Waals surface area contributed by atoms with Gasteiger partial charge in [-0.1, -0.05) is 18.6 Å². The van der Waals surface area contributed by atoms with Crippen molar-refractivity contribution in [3.63, 3.8) is 0 Å². The summed E-state index contributed by atoms with van der Waals surface area (Å²) in [5.74, 6) is -0.136. The number of hydrogen-bond donors (Lipinski definition) is 2. The van der Waals surface area contributed by atoms with Gasteiger partial charge in [-0.25, -0.2) is 14.4 Å². The number of aromatic nitrogens is 4. The van der Waals surface area contributed by atoms with Crippen molar-refractivity contribution in [3.8, 4) is 11.3 Å². The maximum absolute atomic E-state index is 14.9. The Bertz CT molecular complexity index is 2050. The molecule has 1 unspecified atom stereocenters. The number of rotatable bonds is 7. The third-order valence-corrected chi connectivity index (χ3v) is 12.9. The fourth-order valence-corrected chi connectivity index (χ4v) is 9.81. The number of imidazole rings is 1. The van der Waals surface area contributed by atoms with Crippen LogP contribution < -0.4 is 10.2 Å². The molecule has 2 amide bonds. The number of hydrogen-bond acceptors (Lipinski definition) is 8. The Balaban J connectivity index is 1.08. The molecule has 5 aliphatic rings. The van der Waals surface area contributed by atoms with Crippen molar-refractivity contribution in [1.29, 1.82) is 0 Å². The molecule has 9 rings (SSSR count). The van der Waals surface area contributed by atoms with Crippen LogP contribution in [0.1, 0.15) is 89.7 Å². The summed E-state index contributed by atoms with van der Waals surface area (Å²) in [6.45, 7) is 7.42. The Kier molecular flexibility index (Phi) is 8.72. The molecule has 0 bridgehead atoms. The van der Waals surface area contributed by atoms with Gasteiger partial charge in [-0.2, -0.15) is 0 Å². The van der Waals surface area contributed by atoms with E-state index in [-0.39, 0.29) is 35.5 Å². The molecule has 6 heterocycles. The van der Waals surface area contributed by atoms with Crippen LogP contribution in [-0.4, -0.2) is 90.6 Å². The van der Waals surface area contributed by atoms with Gasteiger partial charge in [0.05, 0.1) is 46.9 Å². The van der Waals surface area contributed by atoms with Gasteiger partial charge in [0, 0.05) is 48.7 Å². The summed E-state index contributed by atoms with van der Waals surface area (Å²) < 4.78 is 16.9. The Morgan fingerprint density at radius 3 is 2.51 bits per heavy atom. The summed E-state index contributed by atoms with van der Waals surface area (Å²) >= 11 is 0. The molecule has 53 heavy (non-hydrogen) atoms. The Labute approximate surface area is 309 Å². The Morgan fingerprint density at radius 2 is 1.79 bits per heavy atom. The van der Waals surface area contributed by atoms with Crippen LogP contribution in [0.25, 0.3) is 22.3 Å². The van der Waals surface area contributed by atoms with Crippen LogP contribution in [0.3, 0.4) is 0 Å². The number of carbonyl (C=O) groups is 2. The van der Waals surface area contributed by atoms with E-state index in [9.17, 15) is 19.1 Å². The minimum absolute atomic E-state index is 0.0310. The first-order valence-corrected chi connectivity index (χ1v) is 19.7. The number of carbonyl (C=O) groups excluding carboxylic acids is 2. The van der Waals surface area contributed by atoms with Crippen LogP contribution in [0, 0.1) is 11.7 Å². The molecule has 1 aromatic carbocycles. The molecule has 3 aliphatic heterocycles. The second kappa shape index (κ2) is 13.5. The molecule has 2 saturated heterocycles. The van der Waals surface area contributed by atoms with Crippen LogP contribution >= 0.6 is 0 Å². The average molecular weight is 721 g/mol. The highest BCUT2D eigenvalue weighted by Gasteiger charge is 2.56. The molecule has 2 N–H and O–H groups in total. The van der Waals surface area contributed by atoms with E-state index >= 15 is 0 Å². The summed E-state index contributed by atoms with van der Waals surface area (Å²) in [6, 6.07) is 10.5. The fourth-order valence-electron chi connectivity index (χ4n) is 9.81. The Hall–Kier alpha value is -4.42. The lowest BCUT2D eigenvalue weighted by Gasteiger charge is -2.48. The topological polar surface area (TPSA) is 120 Å². The molecule has 3 aromatic heterocycles. The summed E-state index contributed by atoms with van der Waals surface area (Å²) in [5, 5.41) is 13.7. The summed E-state index contributed by atoms with van der Waals surface area (Å²) in [7, 11) is 0. The maximum Gasteiger partial charge on any atom is 0.238 e. The van der Waals surface area contributed by atoms with Gasteiger partial charge in [0.25, 0.3) is 0 Å². The number of anilines is 3. The van der Waals surface area contributed by atoms with Crippen LogP contribution in [0.5, 0.6) is 0 Å². The number of pyridine rings is 2. The predicted octanol–water partition coefficient (Wildman–Crippen LogP) is 6.34. The predicted molar refractivity (Wildman–Crippen MR) is 201 cm³/mol. The minimum Gasteiger partial charge on any atom is -0.392 e. The highest BCUT2D eigenvalue weighted by Crippen LogP contribution is 2.52. The Morgan fingerprint density at radius 1 is 1.00 bits per heavy atom. The average Bonchev–Trinajstić information content (AvgIpc) is 3.85. The van der Waals surface area contributed by atoms with Crippen LogP contribution in [0.2, 0.25) is 0 Å². The summed E-state index contributed by atoms with van der Waals surface area (Å²) in [4.78, 5) is 48.7. The smallest absolute Gasteiger partial charge is 0.238 e. The largest absolute Gasteiger partial charge is 0.392 e. The standard InChI is InChI=1S/C41H49FN8O3/c1-25(2)49-24-44-34-22-33(46-38(37(34)49)45-32-11-14-43-23-31(32)42)26-9-10-30-35(19-26)50(28-20-27(21-28)47-15-4-3-5-16-47)40(53)41(30)12-17-48(18-13-41)39(52)29-7-6-8-36(29)51/h9-11,14,19,22-25,27-29,36,51H,3-8,12-13,15-18,20-21H2,1-2H3,(H,43,45,46)/t27?,28?,29?,36-/m0/s1. The van der Waals surface area contributed by atoms with Crippen LogP contribution in [0.15, 0.2) is 49.1 Å². The quantitative estimate of drug-likeness (QED) is 0.227. The number of aliphatic hydroxyl groups excluding tert-OH is 1. The first kappa shape index (κ1) is 34.4. The zero-order chi connectivity index (χ0) is 36.4. The monoisotopic (exact) mass is 720 g/mol. The van der Waals surface area contributed by atoms with Gasteiger partial charge >= 0.3 is 0 Å². The van der Waals surface area contributed by atoms with Gasteiger partial charge in [-0.3, -0.25) is 14.6 Å². The first-order chi connectivity index (χ1) is 25.7. The lowest BCUT2D eigenvalue weighted by atomic mass is 9.73. The molecule has 12 heteroatoms. The molecule has 11 nitrogen and oxygen atoms in total. The molecule has 0 radical (unpaired) electrons. The van der Waals surface area contributed by atoms with Crippen molar-refractivity contribution in [1.82, 2.24) is 29.3 Å². The zero-order valence-corrected chi connectivity index (χ0v) is 30.7. The number of likely N-dealkylation sites (tertiary alicyclic amines) is 2. The molecule has 1 spiro atoms. The summed E-state index contributed by atoms with van der Waals surface area (Å²) in [5.41, 5.74) is 4.58. The van der Waals surface area contributed by atoms with E-state index in [0.29, 0.717) is 49.9 Å². The normalized spacial score (nSPS) is 25.7. The first-order valence-electron chi connectivity index (χ1n) is 19.7. The van der Waals surface area contributed by atoms with Gasteiger partial charge in [-0.15, -0.1) is 0 Å². The molecule has 4 fully saturated rings. The summed E-state index contributed by atoms with van der Waals surface area (Å²) in [6.07, 6.45) is 13.0. The van der Waals surface area contributed by atoms with E-state index in [1.54, 1.807) is 18.6 Å². The van der Waals surface area contributed by atoms with Crippen LogP contribution in [0.4, 0.5) is 21.6 Å². The van der Waals surface area contributed by atoms with Crippen molar-refractivity contribution in [2.24, 2.45) is 5.92 Å². The van der Waals surface area contributed by atoms with Crippen molar-refractivity contribution in [3.05, 3.63) is 60.4 Å². The SMILES string of the molecule is CC(C)n1cnc2cc(-c3ccc4c(c3)N(C3CC(N5CCCCC5)C3)C(=O)C43CCN(C(=O)C4CCC[C@@H]4O)CC3)nc(Nc3ccncc3F)c21. The number of benzene rings is 1. The number of piperidine rings is 2. The van der Waals surface area contributed by atoms with Crippen molar-refractivity contribution in [2.45, 2.75) is 108 Å². The van der Waals surface area contributed by atoms with Crippen molar-refractivity contribution < 1.29 is 19.1 Å². The van der Waals surface area contributed by atoms with E-state index in [1.165, 1.54) is 25.5 Å². The fraction of sp³-hybridized carbons (Fsp3) is 0.537. The molecular weight excluding hydrogens is 672 g/mol. The molecule has 4 aromatic rings. The number of halogens is 1. The zero-order valence-electron chi connectivity index (χ0n) is 30.7. The minimum atomic E-state index is -0.700. The van der Waals surface area contributed by atoms with E-state index < -0.39 is 17.3 Å². The van der Waals surface area contributed by atoms with Gasteiger partial charge in [0.1, 0.15) is 5.52 Å². The van der Waals surface area contributed by atoms with E-state index in [2.05, 4.69) is 46.1 Å². The van der Waals surface area contributed by atoms with Gasteiger partial charge in [0.15, 0.2) is 11.6 Å². The van der Waals surface area contributed by atoms with Gasteiger partial charge < -0.3 is 29.7 Å².